The monoisotopic (exact) mass is 438 g/mol. The molecule has 0 fully saturated rings. The molecule has 0 amide bonds. The lowest BCUT2D eigenvalue weighted by atomic mass is 9.84. The first-order valence-electron chi connectivity index (χ1n) is 13.1. The molecular weight excluding hydrogens is 408 g/mol. The molecule has 0 heteroatoms. The van der Waals surface area contributed by atoms with Crippen molar-refractivity contribution >= 4 is 64.6 Å². The Bertz CT molecular complexity index is 1570. The first-order valence-corrected chi connectivity index (χ1v) is 13.1. The van der Waals surface area contributed by atoms with Gasteiger partial charge < -0.3 is 0 Å². The van der Waals surface area contributed by atoms with Gasteiger partial charge in [0.05, 0.1) is 0 Å². The maximum absolute atomic E-state index is 2.43. The van der Waals surface area contributed by atoms with E-state index in [-0.39, 0.29) is 0 Å². The molecule has 0 aromatic heterocycles. The molecule has 0 heterocycles. The van der Waals surface area contributed by atoms with Crippen LogP contribution in [0.2, 0.25) is 0 Å². The minimum Gasteiger partial charge on any atom is -0.0654 e. The lowest BCUT2D eigenvalue weighted by Crippen LogP contribution is -1.93. The van der Waals surface area contributed by atoms with Gasteiger partial charge >= 0.3 is 0 Å². The van der Waals surface area contributed by atoms with Crippen LogP contribution in [0, 0.1) is 0 Å². The summed E-state index contributed by atoms with van der Waals surface area (Å²) in [5.74, 6) is 0. The highest BCUT2D eigenvalue weighted by Crippen LogP contribution is 2.45. The number of benzene rings is 7. The van der Waals surface area contributed by atoms with E-state index in [1.807, 2.05) is 0 Å². The third-order valence-corrected chi connectivity index (χ3v) is 8.03. The Labute approximate surface area is 200 Å². The summed E-state index contributed by atoms with van der Waals surface area (Å²) in [6.45, 7) is 4.55. The van der Waals surface area contributed by atoms with Gasteiger partial charge in [-0.2, -0.15) is 0 Å². The normalized spacial score (nSPS) is 12.5. The van der Waals surface area contributed by atoms with Gasteiger partial charge in [0.1, 0.15) is 0 Å². The molecule has 0 N–H and O–H groups in total. The highest BCUT2D eigenvalue weighted by Gasteiger charge is 2.17. The van der Waals surface area contributed by atoms with Crippen LogP contribution in [-0.4, -0.2) is 0 Å². The van der Waals surface area contributed by atoms with Gasteiger partial charge in [-0.1, -0.05) is 99.5 Å². The SMILES string of the molecule is CCCCc1cc2ccc3c4ccc5cc(CCCC)cc6ccc(c7ccc(c1)c2c37)c4c56. The van der Waals surface area contributed by atoms with Gasteiger partial charge in [0, 0.05) is 0 Å². The minimum atomic E-state index is 1.17. The van der Waals surface area contributed by atoms with Crippen molar-refractivity contribution in [2.45, 2.75) is 52.4 Å². The van der Waals surface area contributed by atoms with Crippen molar-refractivity contribution in [2.75, 3.05) is 0 Å². The topological polar surface area (TPSA) is 0 Å². The van der Waals surface area contributed by atoms with Gasteiger partial charge in [-0.15, -0.1) is 0 Å². The van der Waals surface area contributed by atoms with E-state index in [1.54, 1.807) is 0 Å². The fourth-order valence-electron chi connectivity index (χ4n) is 6.41. The smallest absolute Gasteiger partial charge is 0.00143 e. The average Bonchev–Trinajstić information content (AvgIpc) is 2.87. The number of unbranched alkanes of at least 4 members (excludes halogenated alkanes) is 2. The molecule has 0 bridgehead atoms. The molecule has 0 aliphatic carbocycles. The molecule has 0 unspecified atom stereocenters. The number of hydrogen-bond donors (Lipinski definition) is 0. The van der Waals surface area contributed by atoms with E-state index in [1.165, 1.54) is 114 Å². The van der Waals surface area contributed by atoms with Gasteiger partial charge in [0.25, 0.3) is 0 Å². The Morgan fingerprint density at radius 3 is 1.03 bits per heavy atom. The first kappa shape index (κ1) is 20.0. The van der Waals surface area contributed by atoms with Crippen LogP contribution in [0.5, 0.6) is 0 Å². The Morgan fingerprint density at radius 1 is 0.412 bits per heavy atom. The molecule has 0 radical (unpaired) electrons. The number of fused-ring (bicyclic) bond motifs is 2. The summed E-state index contributed by atoms with van der Waals surface area (Å²) in [5, 5.41) is 16.9. The van der Waals surface area contributed by atoms with Crippen molar-refractivity contribution < 1.29 is 0 Å². The maximum Gasteiger partial charge on any atom is -0.00143 e. The summed E-state index contributed by atoms with van der Waals surface area (Å²) in [7, 11) is 0. The molecule has 0 saturated carbocycles. The van der Waals surface area contributed by atoms with Crippen LogP contribution < -0.4 is 0 Å². The molecule has 0 nitrogen and oxygen atoms in total. The van der Waals surface area contributed by atoms with Crippen molar-refractivity contribution in [1.29, 1.82) is 0 Å². The molecule has 0 aliphatic rings. The molecule has 0 spiro atoms. The fraction of sp³-hybridized carbons (Fsp3) is 0.235. The molecule has 34 heavy (non-hydrogen) atoms. The van der Waals surface area contributed by atoms with Gasteiger partial charge in [-0.25, -0.2) is 0 Å². The molecule has 7 aromatic rings. The molecule has 166 valence electrons. The van der Waals surface area contributed by atoms with E-state index in [0.29, 0.717) is 0 Å². The quantitative estimate of drug-likeness (QED) is 0.179. The Hall–Kier alpha value is -3.38. The van der Waals surface area contributed by atoms with Crippen molar-refractivity contribution in [3.05, 3.63) is 83.9 Å². The molecule has 7 rings (SSSR count). The zero-order valence-electron chi connectivity index (χ0n) is 20.2. The van der Waals surface area contributed by atoms with E-state index in [9.17, 15) is 0 Å². The van der Waals surface area contributed by atoms with Crippen LogP contribution >= 0.6 is 0 Å². The van der Waals surface area contributed by atoms with E-state index in [0.717, 1.165) is 0 Å². The third kappa shape index (κ3) is 2.78. The van der Waals surface area contributed by atoms with Crippen LogP contribution in [-0.2, 0) is 12.8 Å². The average molecular weight is 439 g/mol. The van der Waals surface area contributed by atoms with Gasteiger partial charge in [-0.3, -0.25) is 0 Å². The van der Waals surface area contributed by atoms with Crippen LogP contribution in [0.4, 0.5) is 0 Å². The van der Waals surface area contributed by atoms with Gasteiger partial charge in [0.15, 0.2) is 0 Å². The van der Waals surface area contributed by atoms with E-state index in [2.05, 4.69) is 86.6 Å². The summed E-state index contributed by atoms with van der Waals surface area (Å²) >= 11 is 0. The summed E-state index contributed by atoms with van der Waals surface area (Å²) in [5.41, 5.74) is 2.93. The van der Waals surface area contributed by atoms with E-state index < -0.39 is 0 Å². The van der Waals surface area contributed by atoms with Crippen molar-refractivity contribution in [3.63, 3.8) is 0 Å². The standard InChI is InChI=1S/C34H30/c1-3-5-7-21-17-23-9-13-27-29-15-11-25-19-22(8-6-4-2)20-26-12-16-30(34(29)32(25)26)28-14-10-24(18-21)31(23)33(27)28/h9-20H,3-8H2,1-2H3. The Balaban J connectivity index is 1.59. The lowest BCUT2D eigenvalue weighted by molar-refractivity contribution is 0.796. The molecule has 7 aromatic carbocycles. The summed E-state index contributed by atoms with van der Waals surface area (Å²) in [4.78, 5) is 0. The largest absolute Gasteiger partial charge is 0.0654 e. The molecule has 0 atom stereocenters. The van der Waals surface area contributed by atoms with E-state index >= 15 is 0 Å². The Kier molecular flexibility index (Phi) is 4.46. The van der Waals surface area contributed by atoms with Crippen LogP contribution in [0.15, 0.2) is 72.8 Å². The van der Waals surface area contributed by atoms with Crippen LogP contribution in [0.25, 0.3) is 64.6 Å². The van der Waals surface area contributed by atoms with Crippen LogP contribution in [0.3, 0.4) is 0 Å². The zero-order valence-corrected chi connectivity index (χ0v) is 20.2. The van der Waals surface area contributed by atoms with E-state index in [4.69, 9.17) is 0 Å². The number of aryl methyl sites for hydroxylation is 2. The van der Waals surface area contributed by atoms with Gasteiger partial charge in [0.2, 0.25) is 0 Å². The summed E-state index contributed by atoms with van der Waals surface area (Å²) < 4.78 is 0. The summed E-state index contributed by atoms with van der Waals surface area (Å²) in [6, 6.07) is 28.7. The first-order chi connectivity index (χ1) is 16.8. The predicted molar refractivity (Wildman–Crippen MR) is 151 cm³/mol. The molecule has 0 saturated heterocycles. The number of rotatable bonds is 6. The minimum absolute atomic E-state index is 1.17. The molecule has 0 aliphatic heterocycles. The second-order valence-electron chi connectivity index (χ2n) is 10.2. The molecular formula is C34H30. The van der Waals surface area contributed by atoms with Crippen molar-refractivity contribution in [2.24, 2.45) is 0 Å². The second-order valence-corrected chi connectivity index (χ2v) is 10.2. The summed E-state index contributed by atoms with van der Waals surface area (Å²) in [6.07, 6.45) is 7.31. The highest BCUT2D eigenvalue weighted by atomic mass is 14.2. The zero-order chi connectivity index (χ0) is 22.8. The third-order valence-electron chi connectivity index (χ3n) is 8.03. The highest BCUT2D eigenvalue weighted by molar-refractivity contribution is 6.39. The van der Waals surface area contributed by atoms with Gasteiger partial charge in [-0.05, 0) is 101 Å². The number of hydrogen-bond acceptors (Lipinski definition) is 0. The predicted octanol–water partition coefficient (Wildman–Crippen LogP) is 10.2. The van der Waals surface area contributed by atoms with Crippen molar-refractivity contribution in [1.82, 2.24) is 0 Å². The lowest BCUT2D eigenvalue weighted by Gasteiger charge is -2.19. The van der Waals surface area contributed by atoms with Crippen molar-refractivity contribution in [3.8, 4) is 0 Å². The Morgan fingerprint density at radius 2 is 0.735 bits per heavy atom. The van der Waals surface area contributed by atoms with Crippen LogP contribution in [0.1, 0.15) is 50.7 Å². The fourth-order valence-corrected chi connectivity index (χ4v) is 6.41. The maximum atomic E-state index is 2.43. The second kappa shape index (κ2) is 7.57.